The minimum Gasteiger partial charge on any atom is -0.480 e. The summed E-state index contributed by atoms with van der Waals surface area (Å²) in [6.07, 6.45) is 1.42. The number of likely N-dealkylation sites (tertiary alicyclic amines) is 1. The summed E-state index contributed by atoms with van der Waals surface area (Å²) in [5, 5.41) is 17.7. The second-order valence-electron chi connectivity index (χ2n) is 3.09. The summed E-state index contributed by atoms with van der Waals surface area (Å²) in [6, 6.07) is -0.509. The van der Waals surface area contributed by atoms with Crippen LogP contribution in [0.3, 0.4) is 0 Å². The Balaban J connectivity index is 2.29. The second-order valence-corrected chi connectivity index (χ2v) is 3.09. The van der Waals surface area contributed by atoms with Gasteiger partial charge in [0.15, 0.2) is 0 Å². The zero-order valence-corrected chi connectivity index (χ0v) is 7.59. The molecular weight excluding hydrogens is 192 g/mol. The molecule has 14 heavy (non-hydrogen) atoms. The number of rotatable bonds is 5. The lowest BCUT2D eigenvalue weighted by atomic mass is 10.2. The van der Waals surface area contributed by atoms with Crippen molar-refractivity contribution in [2.45, 2.75) is 18.9 Å². The van der Waals surface area contributed by atoms with Gasteiger partial charge in [0.1, 0.15) is 12.6 Å². The van der Waals surface area contributed by atoms with Gasteiger partial charge < -0.3 is 9.94 Å². The summed E-state index contributed by atoms with van der Waals surface area (Å²) >= 11 is 0. The van der Waals surface area contributed by atoms with Crippen molar-refractivity contribution in [1.29, 1.82) is 0 Å². The van der Waals surface area contributed by atoms with Crippen molar-refractivity contribution >= 4 is 5.97 Å². The Morgan fingerprint density at radius 1 is 1.71 bits per heavy atom. The van der Waals surface area contributed by atoms with E-state index in [1.54, 1.807) is 4.90 Å². The summed E-state index contributed by atoms with van der Waals surface area (Å²) in [4.78, 5) is 26.3. The van der Waals surface area contributed by atoms with E-state index in [0.29, 0.717) is 13.0 Å². The first-order valence-electron chi connectivity index (χ1n) is 4.35. The summed E-state index contributed by atoms with van der Waals surface area (Å²) in [6.45, 7) is 0.882. The Labute approximate surface area is 80.4 Å². The highest BCUT2D eigenvalue weighted by Gasteiger charge is 2.29. The monoisotopic (exact) mass is 204 g/mol. The second kappa shape index (κ2) is 4.75. The summed E-state index contributed by atoms with van der Waals surface area (Å²) in [5.41, 5.74) is 0. The first-order chi connectivity index (χ1) is 6.61. The van der Waals surface area contributed by atoms with Crippen molar-refractivity contribution in [2.24, 2.45) is 0 Å². The maximum Gasteiger partial charge on any atom is 0.320 e. The number of hydrogen-bond acceptors (Lipinski definition) is 5. The third kappa shape index (κ3) is 2.84. The van der Waals surface area contributed by atoms with E-state index < -0.39 is 17.1 Å². The largest absolute Gasteiger partial charge is 0.480 e. The number of carbonyl (C=O) groups is 1. The standard InChI is InChI=1S/C7H12N2O5/c10-7(11)6-2-1-3-8(6)4-5-14-9(12)13/h6H,1-5H2,(H,10,11). The maximum absolute atomic E-state index is 10.7. The molecular formula is C7H12N2O5. The van der Waals surface area contributed by atoms with Crippen LogP contribution in [0.2, 0.25) is 0 Å². The van der Waals surface area contributed by atoms with Crippen molar-refractivity contribution < 1.29 is 19.8 Å². The maximum atomic E-state index is 10.7. The van der Waals surface area contributed by atoms with E-state index >= 15 is 0 Å². The molecule has 1 aliphatic rings. The van der Waals surface area contributed by atoms with Crippen LogP contribution in [-0.2, 0) is 9.63 Å². The van der Waals surface area contributed by atoms with Gasteiger partial charge in [0, 0.05) is 6.54 Å². The van der Waals surface area contributed by atoms with Gasteiger partial charge in [-0.25, -0.2) is 0 Å². The van der Waals surface area contributed by atoms with E-state index in [2.05, 4.69) is 4.84 Å². The topological polar surface area (TPSA) is 92.9 Å². The first kappa shape index (κ1) is 10.7. The number of aliphatic carboxylic acids is 1. The van der Waals surface area contributed by atoms with E-state index in [0.717, 1.165) is 6.42 Å². The van der Waals surface area contributed by atoms with E-state index in [1.807, 2.05) is 0 Å². The summed E-state index contributed by atoms with van der Waals surface area (Å²) in [7, 11) is 0. The van der Waals surface area contributed by atoms with Crippen molar-refractivity contribution in [1.82, 2.24) is 4.90 Å². The Morgan fingerprint density at radius 3 is 3.00 bits per heavy atom. The fourth-order valence-electron chi connectivity index (χ4n) is 1.61. The molecule has 1 N–H and O–H groups in total. The minimum atomic E-state index is -0.872. The molecule has 0 radical (unpaired) electrons. The van der Waals surface area contributed by atoms with Crippen LogP contribution in [0.4, 0.5) is 0 Å². The molecule has 1 saturated heterocycles. The highest BCUT2D eigenvalue weighted by molar-refractivity contribution is 5.73. The van der Waals surface area contributed by atoms with Crippen LogP contribution in [0.25, 0.3) is 0 Å². The average molecular weight is 204 g/mol. The van der Waals surface area contributed by atoms with Gasteiger partial charge in [-0.2, -0.15) is 0 Å². The molecule has 1 heterocycles. The van der Waals surface area contributed by atoms with Gasteiger partial charge in [0.25, 0.3) is 5.09 Å². The normalized spacial score (nSPS) is 22.1. The third-order valence-electron chi connectivity index (χ3n) is 2.22. The number of nitrogens with zero attached hydrogens (tertiary/aromatic N) is 2. The van der Waals surface area contributed by atoms with Crippen molar-refractivity contribution in [3.8, 4) is 0 Å². The highest BCUT2D eigenvalue weighted by atomic mass is 16.9. The molecule has 1 aliphatic heterocycles. The summed E-state index contributed by atoms with van der Waals surface area (Å²) < 4.78 is 0. The van der Waals surface area contributed by atoms with Crippen LogP contribution in [0.1, 0.15) is 12.8 Å². The third-order valence-corrected chi connectivity index (χ3v) is 2.22. The quantitative estimate of drug-likeness (QED) is 0.490. The van der Waals surface area contributed by atoms with Gasteiger partial charge >= 0.3 is 5.97 Å². The first-order valence-corrected chi connectivity index (χ1v) is 4.35. The SMILES string of the molecule is O=C(O)C1CCCN1CCO[N+](=O)[O-]. The van der Waals surface area contributed by atoms with Crippen LogP contribution < -0.4 is 0 Å². The van der Waals surface area contributed by atoms with Gasteiger partial charge in [-0.3, -0.25) is 9.69 Å². The molecule has 0 spiro atoms. The van der Waals surface area contributed by atoms with E-state index in [4.69, 9.17) is 5.11 Å². The fourth-order valence-corrected chi connectivity index (χ4v) is 1.61. The minimum absolute atomic E-state index is 0.0726. The Morgan fingerprint density at radius 2 is 2.43 bits per heavy atom. The molecule has 0 aromatic rings. The van der Waals surface area contributed by atoms with Crippen LogP contribution in [-0.4, -0.2) is 46.8 Å². The van der Waals surface area contributed by atoms with Crippen LogP contribution in [0.5, 0.6) is 0 Å². The predicted octanol–water partition coefficient (Wildman–Crippen LogP) is -0.256. The van der Waals surface area contributed by atoms with E-state index in [-0.39, 0.29) is 13.2 Å². The molecule has 1 unspecified atom stereocenters. The van der Waals surface area contributed by atoms with Gasteiger partial charge in [0.2, 0.25) is 0 Å². The van der Waals surface area contributed by atoms with E-state index in [1.165, 1.54) is 0 Å². The van der Waals surface area contributed by atoms with Crippen LogP contribution in [0, 0.1) is 10.1 Å². The van der Waals surface area contributed by atoms with Crippen LogP contribution in [0.15, 0.2) is 0 Å². The summed E-state index contributed by atoms with van der Waals surface area (Å²) in [5.74, 6) is -0.872. The molecule has 0 bridgehead atoms. The molecule has 1 fully saturated rings. The Kier molecular flexibility index (Phi) is 3.63. The molecule has 0 aliphatic carbocycles. The van der Waals surface area contributed by atoms with Gasteiger partial charge in [0.05, 0.1) is 0 Å². The molecule has 1 rings (SSSR count). The number of carboxylic acids is 1. The smallest absolute Gasteiger partial charge is 0.320 e. The van der Waals surface area contributed by atoms with Crippen LogP contribution >= 0.6 is 0 Å². The molecule has 7 nitrogen and oxygen atoms in total. The Hall–Kier alpha value is -1.37. The van der Waals surface area contributed by atoms with Gasteiger partial charge in [-0.1, -0.05) is 0 Å². The molecule has 0 saturated carbocycles. The zero-order valence-electron chi connectivity index (χ0n) is 7.59. The molecule has 0 aromatic heterocycles. The van der Waals surface area contributed by atoms with Gasteiger partial charge in [-0.15, -0.1) is 10.1 Å². The fraction of sp³-hybridized carbons (Fsp3) is 0.857. The molecule has 80 valence electrons. The lowest BCUT2D eigenvalue weighted by Crippen LogP contribution is -2.38. The lowest BCUT2D eigenvalue weighted by molar-refractivity contribution is -0.757. The zero-order chi connectivity index (χ0) is 10.6. The van der Waals surface area contributed by atoms with Crippen molar-refractivity contribution in [2.75, 3.05) is 19.7 Å². The van der Waals surface area contributed by atoms with Crippen molar-refractivity contribution in [3.63, 3.8) is 0 Å². The van der Waals surface area contributed by atoms with Gasteiger partial charge in [-0.05, 0) is 19.4 Å². The van der Waals surface area contributed by atoms with Crippen molar-refractivity contribution in [3.05, 3.63) is 10.1 Å². The lowest BCUT2D eigenvalue weighted by Gasteiger charge is -2.19. The molecule has 0 amide bonds. The number of hydrogen-bond donors (Lipinski definition) is 1. The Bertz CT molecular complexity index is 232. The number of carboxylic acid groups (broad SMARTS) is 1. The average Bonchev–Trinajstić information content (AvgIpc) is 2.51. The van der Waals surface area contributed by atoms with E-state index in [9.17, 15) is 14.9 Å². The molecule has 1 atom stereocenters. The predicted molar refractivity (Wildman–Crippen MR) is 45.2 cm³/mol. The highest BCUT2D eigenvalue weighted by Crippen LogP contribution is 2.16. The molecule has 7 heteroatoms. The molecule has 0 aromatic carbocycles.